The van der Waals surface area contributed by atoms with Crippen LogP contribution in [0.1, 0.15) is 38.3 Å². The molecule has 0 saturated carbocycles. The quantitative estimate of drug-likeness (QED) is 0.457. The highest BCUT2D eigenvalue weighted by Gasteiger charge is 2.25. The second-order valence-electron chi connectivity index (χ2n) is 5.48. The van der Waals surface area contributed by atoms with Gasteiger partial charge >= 0.3 is 0 Å². The molecule has 0 aliphatic heterocycles. The number of hydrogen-bond acceptors (Lipinski definition) is 2. The summed E-state index contributed by atoms with van der Waals surface area (Å²) in [4.78, 5) is 9.92. The van der Waals surface area contributed by atoms with Gasteiger partial charge in [-0.1, -0.05) is 26.8 Å². The molecule has 0 aromatic heterocycles. The maximum atomic E-state index is 13.0. The van der Waals surface area contributed by atoms with Crippen molar-refractivity contribution < 1.29 is 13.7 Å². The molecule has 0 fully saturated rings. The van der Waals surface area contributed by atoms with Crippen molar-refractivity contribution in [3.63, 3.8) is 0 Å². The average Bonchev–Trinajstić information content (AvgIpc) is 2.27. The normalized spacial score (nSPS) is 13.6. The Kier molecular flexibility index (Phi) is 4.85. The summed E-state index contributed by atoms with van der Waals surface area (Å²) in [6, 6.07) is 3.51. The van der Waals surface area contributed by atoms with Crippen LogP contribution in [0.4, 0.5) is 14.5 Å². The monoisotopic (exact) mass is 291 g/mol. The van der Waals surface area contributed by atoms with E-state index in [4.69, 9.17) is 11.6 Å². The molecule has 106 valence electrons. The number of halogens is 3. The fraction of sp³-hybridized carbons (Fsp3) is 0.538. The molecule has 19 heavy (non-hydrogen) atoms. The van der Waals surface area contributed by atoms with Gasteiger partial charge in [-0.2, -0.15) is 0 Å². The predicted octanol–water partition coefficient (Wildman–Crippen LogP) is 4.73. The van der Waals surface area contributed by atoms with Gasteiger partial charge in [-0.15, -0.1) is 11.6 Å². The fourth-order valence-electron chi connectivity index (χ4n) is 1.58. The molecule has 1 unspecified atom stereocenters. The van der Waals surface area contributed by atoms with Gasteiger partial charge in [0.2, 0.25) is 0 Å². The minimum absolute atomic E-state index is 0.233. The number of nitro benzene ring substituents is 1. The van der Waals surface area contributed by atoms with Crippen LogP contribution in [-0.2, 0) is 6.42 Å². The third-order valence-corrected chi connectivity index (χ3v) is 3.72. The number of alkyl halides is 3. The van der Waals surface area contributed by atoms with E-state index in [1.807, 2.05) is 20.8 Å². The van der Waals surface area contributed by atoms with E-state index in [0.717, 1.165) is 6.07 Å². The van der Waals surface area contributed by atoms with E-state index in [2.05, 4.69) is 0 Å². The zero-order valence-corrected chi connectivity index (χ0v) is 11.7. The molecular formula is C13H16ClF2NO2. The van der Waals surface area contributed by atoms with Gasteiger partial charge < -0.3 is 0 Å². The summed E-state index contributed by atoms with van der Waals surface area (Å²) in [6.07, 6.45) is -2.50. The van der Waals surface area contributed by atoms with E-state index in [9.17, 15) is 18.9 Å². The van der Waals surface area contributed by atoms with Gasteiger partial charge in [-0.05, 0) is 17.4 Å². The Bertz CT molecular complexity index is 472. The van der Waals surface area contributed by atoms with Crippen LogP contribution in [-0.4, -0.2) is 10.3 Å². The van der Waals surface area contributed by atoms with E-state index in [-0.39, 0.29) is 28.5 Å². The summed E-state index contributed by atoms with van der Waals surface area (Å²) in [6.45, 7) is 5.74. The predicted molar refractivity (Wildman–Crippen MR) is 70.9 cm³/mol. The lowest BCUT2D eigenvalue weighted by molar-refractivity contribution is -0.385. The Balaban J connectivity index is 3.11. The third-order valence-electron chi connectivity index (χ3n) is 2.91. The summed E-state index contributed by atoms with van der Waals surface area (Å²) in [5.74, 6) is 0. The first-order chi connectivity index (χ1) is 8.62. The Hall–Kier alpha value is -1.23. The first-order valence-corrected chi connectivity index (χ1v) is 6.26. The van der Waals surface area contributed by atoms with Crippen molar-refractivity contribution in [1.29, 1.82) is 0 Å². The number of hydrogen-bond donors (Lipinski definition) is 0. The molecule has 0 bridgehead atoms. The molecule has 0 aliphatic rings. The smallest absolute Gasteiger partial charge is 0.258 e. The largest absolute Gasteiger partial charge is 0.269 e. The van der Waals surface area contributed by atoms with Crippen molar-refractivity contribution in [2.45, 2.75) is 39.0 Å². The number of nitro groups is 1. The number of benzene rings is 1. The standard InChI is InChI=1S/C13H16ClF2NO2/c1-13(2,3)11(14)6-8-4-5-9(17(18)19)7-10(8)12(15)16/h4-5,7,11-12H,6H2,1-3H3. The van der Waals surface area contributed by atoms with Crippen LogP contribution in [0, 0.1) is 15.5 Å². The molecule has 0 heterocycles. The first kappa shape index (κ1) is 15.8. The van der Waals surface area contributed by atoms with Crippen molar-refractivity contribution in [3.8, 4) is 0 Å². The Labute approximate surface area is 115 Å². The molecule has 3 nitrogen and oxygen atoms in total. The van der Waals surface area contributed by atoms with Crippen molar-refractivity contribution >= 4 is 17.3 Å². The summed E-state index contributed by atoms with van der Waals surface area (Å²) in [7, 11) is 0. The number of rotatable bonds is 4. The van der Waals surface area contributed by atoms with E-state index >= 15 is 0 Å². The van der Waals surface area contributed by atoms with Crippen molar-refractivity contribution in [2.24, 2.45) is 5.41 Å². The van der Waals surface area contributed by atoms with Crippen molar-refractivity contribution in [1.82, 2.24) is 0 Å². The van der Waals surface area contributed by atoms with Gasteiger partial charge in [-0.25, -0.2) is 8.78 Å². The lowest BCUT2D eigenvalue weighted by Crippen LogP contribution is -2.23. The third kappa shape index (κ3) is 4.13. The van der Waals surface area contributed by atoms with E-state index in [1.54, 1.807) is 0 Å². The highest BCUT2D eigenvalue weighted by Crippen LogP contribution is 2.32. The number of nitrogens with zero attached hydrogens (tertiary/aromatic N) is 1. The summed E-state index contributed by atoms with van der Waals surface area (Å²) in [5.41, 5.74) is -0.525. The Morgan fingerprint density at radius 3 is 2.37 bits per heavy atom. The van der Waals surface area contributed by atoms with Gasteiger partial charge in [0.05, 0.1) is 4.92 Å². The van der Waals surface area contributed by atoms with Gasteiger partial charge in [0, 0.05) is 23.1 Å². The fourth-order valence-corrected chi connectivity index (χ4v) is 1.75. The lowest BCUT2D eigenvalue weighted by atomic mass is 9.87. The zero-order valence-electron chi connectivity index (χ0n) is 11.0. The number of non-ortho nitro benzene ring substituents is 1. The molecule has 1 rings (SSSR count). The molecule has 0 N–H and O–H groups in total. The summed E-state index contributed by atoms with van der Waals surface area (Å²) in [5, 5.41) is 10.3. The molecule has 0 saturated heterocycles. The molecule has 1 atom stereocenters. The molecule has 0 aliphatic carbocycles. The van der Waals surface area contributed by atoms with Crippen molar-refractivity contribution in [3.05, 3.63) is 39.4 Å². The van der Waals surface area contributed by atoms with Crippen LogP contribution in [0.5, 0.6) is 0 Å². The van der Waals surface area contributed by atoms with Crippen LogP contribution in [0.2, 0.25) is 0 Å². The van der Waals surface area contributed by atoms with Crippen LogP contribution in [0.3, 0.4) is 0 Å². The maximum Gasteiger partial charge on any atom is 0.269 e. The molecule has 1 aromatic rings. The van der Waals surface area contributed by atoms with Crippen molar-refractivity contribution in [2.75, 3.05) is 0 Å². The summed E-state index contributed by atoms with van der Waals surface area (Å²) >= 11 is 6.19. The average molecular weight is 292 g/mol. The molecule has 6 heteroatoms. The first-order valence-electron chi connectivity index (χ1n) is 5.82. The zero-order chi connectivity index (χ0) is 14.8. The lowest BCUT2D eigenvalue weighted by Gasteiger charge is -2.25. The van der Waals surface area contributed by atoms with Crippen LogP contribution < -0.4 is 0 Å². The van der Waals surface area contributed by atoms with Gasteiger partial charge in [-0.3, -0.25) is 10.1 Å². The molecule has 1 aromatic carbocycles. The van der Waals surface area contributed by atoms with Crippen LogP contribution in [0.25, 0.3) is 0 Å². The highest BCUT2D eigenvalue weighted by molar-refractivity contribution is 6.21. The van der Waals surface area contributed by atoms with E-state index in [1.165, 1.54) is 12.1 Å². The molecule has 0 spiro atoms. The maximum absolute atomic E-state index is 13.0. The second kappa shape index (κ2) is 5.82. The Morgan fingerprint density at radius 1 is 1.37 bits per heavy atom. The van der Waals surface area contributed by atoms with Gasteiger partial charge in [0.15, 0.2) is 0 Å². The molecular weight excluding hydrogens is 276 g/mol. The van der Waals surface area contributed by atoms with Crippen LogP contribution >= 0.6 is 11.6 Å². The summed E-state index contributed by atoms with van der Waals surface area (Å²) < 4.78 is 25.9. The van der Waals surface area contributed by atoms with Gasteiger partial charge in [0.25, 0.3) is 12.1 Å². The van der Waals surface area contributed by atoms with E-state index in [0.29, 0.717) is 5.56 Å². The van der Waals surface area contributed by atoms with Crippen LogP contribution in [0.15, 0.2) is 18.2 Å². The second-order valence-corrected chi connectivity index (χ2v) is 6.01. The van der Waals surface area contributed by atoms with Gasteiger partial charge in [0.1, 0.15) is 0 Å². The Morgan fingerprint density at radius 2 is 1.95 bits per heavy atom. The SMILES string of the molecule is CC(C)(C)C(Cl)Cc1ccc([N+](=O)[O-])cc1C(F)F. The molecule has 0 radical (unpaired) electrons. The topological polar surface area (TPSA) is 43.1 Å². The molecule has 0 amide bonds. The minimum Gasteiger partial charge on any atom is -0.258 e. The van der Waals surface area contributed by atoms with E-state index < -0.39 is 11.3 Å². The minimum atomic E-state index is -2.75. The highest BCUT2D eigenvalue weighted by atomic mass is 35.5.